The fourth-order valence-corrected chi connectivity index (χ4v) is 3.15. The number of carbonyl (C=O) groups excluding carboxylic acids is 1. The Labute approximate surface area is 112 Å². The fourth-order valence-electron chi connectivity index (χ4n) is 2.31. The van der Waals surface area contributed by atoms with E-state index in [9.17, 15) is 4.79 Å². The molecule has 0 aliphatic carbocycles. The summed E-state index contributed by atoms with van der Waals surface area (Å²) in [5.74, 6) is 0.226. The summed E-state index contributed by atoms with van der Waals surface area (Å²) in [4.78, 5) is 19.4. The molecule has 4 nitrogen and oxygen atoms in total. The first-order chi connectivity index (χ1) is 8.68. The molecule has 1 aliphatic heterocycles. The minimum atomic E-state index is 0.200. The van der Waals surface area contributed by atoms with Crippen LogP contribution in [0.5, 0.6) is 0 Å². The molecule has 100 valence electrons. The van der Waals surface area contributed by atoms with Gasteiger partial charge in [0.2, 0.25) is 5.91 Å². The van der Waals surface area contributed by atoms with Gasteiger partial charge >= 0.3 is 0 Å². The molecule has 0 radical (unpaired) electrons. The zero-order valence-corrected chi connectivity index (χ0v) is 11.9. The number of nitrogens with one attached hydrogen (secondary N) is 1. The van der Waals surface area contributed by atoms with Crippen LogP contribution in [0.25, 0.3) is 0 Å². The number of aromatic nitrogens is 1. The molecule has 0 aromatic carbocycles. The number of rotatable bonds is 4. The van der Waals surface area contributed by atoms with E-state index >= 15 is 0 Å². The summed E-state index contributed by atoms with van der Waals surface area (Å²) in [5, 5.41) is 3.30. The molecule has 1 aromatic heterocycles. The minimum Gasteiger partial charge on any atom is -0.342 e. The second kappa shape index (κ2) is 6.29. The van der Waals surface area contributed by atoms with Crippen molar-refractivity contribution in [3.05, 3.63) is 16.1 Å². The Hall–Kier alpha value is -0.940. The lowest BCUT2D eigenvalue weighted by Gasteiger charge is -2.27. The molecule has 1 aliphatic rings. The average molecular weight is 267 g/mol. The Morgan fingerprint density at radius 3 is 2.83 bits per heavy atom. The predicted molar refractivity (Wildman–Crippen MR) is 73.7 cm³/mol. The molecule has 5 heteroatoms. The van der Waals surface area contributed by atoms with Crippen molar-refractivity contribution in [1.82, 2.24) is 15.2 Å². The van der Waals surface area contributed by atoms with Gasteiger partial charge in [-0.15, -0.1) is 11.3 Å². The number of thiazole rings is 1. The van der Waals surface area contributed by atoms with Crippen molar-refractivity contribution in [3.63, 3.8) is 0 Å². The lowest BCUT2D eigenvalue weighted by atomic mass is 10.1. The monoisotopic (exact) mass is 267 g/mol. The molecule has 0 saturated carbocycles. The van der Waals surface area contributed by atoms with Crippen molar-refractivity contribution in [2.45, 2.75) is 39.2 Å². The van der Waals surface area contributed by atoms with Gasteiger partial charge in [-0.1, -0.05) is 0 Å². The molecule has 1 aromatic rings. The Morgan fingerprint density at radius 1 is 1.50 bits per heavy atom. The maximum Gasteiger partial charge on any atom is 0.236 e. The van der Waals surface area contributed by atoms with Gasteiger partial charge in [0.1, 0.15) is 0 Å². The third-order valence-electron chi connectivity index (χ3n) is 3.44. The highest BCUT2D eigenvalue weighted by Crippen LogP contribution is 2.20. The molecular formula is C13H21N3OS. The molecule has 1 fully saturated rings. The van der Waals surface area contributed by atoms with Crippen molar-refractivity contribution in [1.29, 1.82) is 0 Å². The van der Waals surface area contributed by atoms with Crippen molar-refractivity contribution in [2.75, 3.05) is 19.6 Å². The standard InChI is InChI=1S/C13H21N3OS/c1-10(13-11(2)15-9-18-13)14-8-12(17)16-6-4-3-5-7-16/h9-10,14H,3-8H2,1-2H3. The van der Waals surface area contributed by atoms with Crippen LogP contribution in [0.3, 0.4) is 0 Å². The largest absolute Gasteiger partial charge is 0.342 e. The van der Waals surface area contributed by atoms with Gasteiger partial charge in [-0.05, 0) is 33.1 Å². The maximum atomic E-state index is 12.0. The predicted octanol–water partition coefficient (Wildman–Crippen LogP) is 2.11. The van der Waals surface area contributed by atoms with Crippen LogP contribution < -0.4 is 5.32 Å². The van der Waals surface area contributed by atoms with Gasteiger partial charge in [0.05, 0.1) is 17.7 Å². The summed E-state index contributed by atoms with van der Waals surface area (Å²) in [7, 11) is 0. The molecule has 2 rings (SSSR count). The Balaban J connectivity index is 1.80. The second-order valence-corrected chi connectivity index (χ2v) is 5.73. The van der Waals surface area contributed by atoms with Crippen molar-refractivity contribution in [2.24, 2.45) is 0 Å². The third-order valence-corrected chi connectivity index (χ3v) is 4.56. The van der Waals surface area contributed by atoms with Crippen LogP contribution >= 0.6 is 11.3 Å². The van der Waals surface area contributed by atoms with E-state index in [0.29, 0.717) is 6.54 Å². The number of hydrogen-bond acceptors (Lipinski definition) is 4. The van der Waals surface area contributed by atoms with E-state index in [1.807, 2.05) is 17.3 Å². The minimum absolute atomic E-state index is 0.200. The van der Waals surface area contributed by atoms with Gasteiger partial charge in [-0.3, -0.25) is 4.79 Å². The SMILES string of the molecule is Cc1ncsc1C(C)NCC(=O)N1CCCCC1. The first-order valence-electron chi connectivity index (χ1n) is 6.59. The van der Waals surface area contributed by atoms with Crippen LogP contribution in [-0.2, 0) is 4.79 Å². The first kappa shape index (κ1) is 13.5. The number of aryl methyl sites for hydroxylation is 1. The third kappa shape index (κ3) is 3.29. The van der Waals surface area contributed by atoms with Crippen LogP contribution in [0.4, 0.5) is 0 Å². The number of hydrogen-bond donors (Lipinski definition) is 1. The molecule has 1 amide bonds. The van der Waals surface area contributed by atoms with E-state index in [0.717, 1.165) is 31.6 Å². The van der Waals surface area contributed by atoms with Gasteiger partial charge in [-0.25, -0.2) is 4.98 Å². The van der Waals surface area contributed by atoms with Gasteiger partial charge < -0.3 is 10.2 Å². The maximum absolute atomic E-state index is 12.0. The van der Waals surface area contributed by atoms with Gasteiger partial charge in [-0.2, -0.15) is 0 Å². The van der Waals surface area contributed by atoms with Crippen LogP contribution in [0, 0.1) is 6.92 Å². The number of amides is 1. The number of nitrogens with zero attached hydrogens (tertiary/aromatic N) is 2. The topological polar surface area (TPSA) is 45.2 Å². The van der Waals surface area contributed by atoms with Crippen molar-refractivity contribution < 1.29 is 4.79 Å². The molecule has 1 saturated heterocycles. The van der Waals surface area contributed by atoms with Crippen LogP contribution in [0.15, 0.2) is 5.51 Å². The Bertz CT molecular complexity index is 399. The van der Waals surface area contributed by atoms with E-state index in [1.54, 1.807) is 11.3 Å². The van der Waals surface area contributed by atoms with Crippen LogP contribution in [0.2, 0.25) is 0 Å². The van der Waals surface area contributed by atoms with Gasteiger partial charge in [0.15, 0.2) is 0 Å². The lowest BCUT2D eigenvalue weighted by molar-refractivity contribution is -0.131. The average Bonchev–Trinajstić information content (AvgIpc) is 2.83. The molecule has 1 unspecified atom stereocenters. The molecule has 0 spiro atoms. The zero-order chi connectivity index (χ0) is 13.0. The van der Waals surface area contributed by atoms with Crippen molar-refractivity contribution in [3.8, 4) is 0 Å². The summed E-state index contributed by atoms with van der Waals surface area (Å²) in [6, 6.07) is 0.200. The highest BCUT2D eigenvalue weighted by atomic mass is 32.1. The summed E-state index contributed by atoms with van der Waals surface area (Å²) in [6.45, 7) is 6.38. The van der Waals surface area contributed by atoms with E-state index in [-0.39, 0.29) is 11.9 Å². The number of likely N-dealkylation sites (tertiary alicyclic amines) is 1. The van der Waals surface area contributed by atoms with Crippen LogP contribution in [-0.4, -0.2) is 35.4 Å². The quantitative estimate of drug-likeness (QED) is 0.909. The summed E-state index contributed by atoms with van der Waals surface area (Å²) in [6.07, 6.45) is 3.55. The smallest absolute Gasteiger partial charge is 0.236 e. The first-order valence-corrected chi connectivity index (χ1v) is 7.47. The zero-order valence-electron chi connectivity index (χ0n) is 11.1. The summed E-state index contributed by atoms with van der Waals surface area (Å²) < 4.78 is 0. The van der Waals surface area contributed by atoms with E-state index in [4.69, 9.17) is 0 Å². The molecular weight excluding hydrogens is 246 g/mol. The van der Waals surface area contributed by atoms with E-state index < -0.39 is 0 Å². The summed E-state index contributed by atoms with van der Waals surface area (Å²) in [5.41, 5.74) is 2.92. The molecule has 0 bridgehead atoms. The molecule has 1 N–H and O–H groups in total. The Morgan fingerprint density at radius 2 is 2.22 bits per heavy atom. The normalized spacial score (nSPS) is 17.8. The second-order valence-electron chi connectivity index (χ2n) is 4.85. The van der Waals surface area contributed by atoms with Gasteiger partial charge in [0.25, 0.3) is 0 Å². The van der Waals surface area contributed by atoms with Crippen LogP contribution in [0.1, 0.15) is 42.8 Å². The van der Waals surface area contributed by atoms with Crippen molar-refractivity contribution >= 4 is 17.2 Å². The molecule has 1 atom stereocenters. The van der Waals surface area contributed by atoms with Gasteiger partial charge in [0, 0.05) is 24.0 Å². The Kier molecular flexibility index (Phi) is 4.72. The fraction of sp³-hybridized carbons (Fsp3) is 0.692. The molecule has 18 heavy (non-hydrogen) atoms. The number of piperidine rings is 1. The highest BCUT2D eigenvalue weighted by Gasteiger charge is 2.18. The lowest BCUT2D eigenvalue weighted by Crippen LogP contribution is -2.41. The highest BCUT2D eigenvalue weighted by molar-refractivity contribution is 7.09. The number of carbonyl (C=O) groups is 1. The van der Waals surface area contributed by atoms with E-state index in [2.05, 4.69) is 17.2 Å². The van der Waals surface area contributed by atoms with E-state index in [1.165, 1.54) is 11.3 Å². The molecule has 2 heterocycles. The summed E-state index contributed by atoms with van der Waals surface area (Å²) >= 11 is 1.65.